The van der Waals surface area contributed by atoms with E-state index in [1.54, 1.807) is 0 Å². The Balaban J connectivity index is 5.26. The highest BCUT2D eigenvalue weighted by Gasteiger charge is 2.30. The first-order valence-electron chi connectivity index (χ1n) is 35.7. The second-order valence-electron chi connectivity index (χ2n) is 26.6. The lowest BCUT2D eigenvalue weighted by Crippen LogP contribution is -2.30. The predicted molar refractivity (Wildman–Crippen MR) is 354 cm³/mol. The topological polar surface area (TPSA) is 237 Å². The molecule has 0 aliphatic rings. The number of hydrogen-bond acceptors (Lipinski definition) is 15. The zero-order valence-electron chi connectivity index (χ0n) is 57.3. The summed E-state index contributed by atoms with van der Waals surface area (Å²) in [6.45, 7) is 14.1. The first-order chi connectivity index (χ1) is 42.1. The van der Waals surface area contributed by atoms with Crippen LogP contribution in [0.5, 0.6) is 0 Å². The number of esters is 4. The van der Waals surface area contributed by atoms with Crippen molar-refractivity contribution in [2.24, 2.45) is 23.7 Å². The standard InChI is InChI=1S/C69H134O17P2/c1-9-62(8)48-40-32-24-18-19-25-33-41-49-66(71)79-55-64(86-69(74)52-44-36-27-17-13-15-22-30-38-46-60(4)5)57-83-87(75,76)81-53-63(70)54-82-88(77,78)84-58-65(56-80-67(72)50-42-34-28-20-23-31-39-47-61(6)7)85-68(73)51-43-35-26-16-12-10-11-14-21-29-37-45-59(2)3/h59-65,70H,9-58H2,1-8H3,(H,75,76)(H,77,78)/t62?,63?,64-,65-/m1/s1. The zero-order valence-corrected chi connectivity index (χ0v) is 59.1. The summed E-state index contributed by atoms with van der Waals surface area (Å²) in [7, 11) is -9.90. The van der Waals surface area contributed by atoms with Crippen LogP contribution in [0.1, 0.15) is 338 Å². The maximum Gasteiger partial charge on any atom is 0.472 e. The third-order valence-electron chi connectivity index (χ3n) is 16.2. The molecule has 3 N–H and O–H groups in total. The SMILES string of the molecule is CCC(C)CCCCCCCCCCC(=O)OC[C@H](COP(=O)(O)OCC(O)COP(=O)(O)OC[C@@H](COC(=O)CCCCCCCCCC(C)C)OC(=O)CCCCCCCCCCCCCC(C)C)OC(=O)CCCCCCCCCCCC(C)C. The molecular formula is C69H134O17P2. The number of aliphatic hydroxyl groups excluding tert-OH is 1. The van der Waals surface area contributed by atoms with Crippen molar-refractivity contribution in [3.63, 3.8) is 0 Å². The van der Waals surface area contributed by atoms with Crippen LogP contribution in [-0.4, -0.2) is 96.7 Å². The van der Waals surface area contributed by atoms with Gasteiger partial charge in [-0.2, -0.15) is 0 Å². The van der Waals surface area contributed by atoms with Crippen LogP contribution in [0.4, 0.5) is 0 Å². The van der Waals surface area contributed by atoms with E-state index in [1.807, 2.05) is 0 Å². The van der Waals surface area contributed by atoms with Crippen molar-refractivity contribution in [1.82, 2.24) is 0 Å². The smallest absolute Gasteiger partial charge is 0.462 e. The van der Waals surface area contributed by atoms with Crippen molar-refractivity contribution in [1.29, 1.82) is 0 Å². The van der Waals surface area contributed by atoms with Crippen LogP contribution in [0.3, 0.4) is 0 Å². The average Bonchev–Trinajstić information content (AvgIpc) is 3.55. The molecule has 0 saturated heterocycles. The zero-order chi connectivity index (χ0) is 65.4. The lowest BCUT2D eigenvalue weighted by Gasteiger charge is -2.21. The van der Waals surface area contributed by atoms with Gasteiger partial charge >= 0.3 is 39.5 Å². The van der Waals surface area contributed by atoms with Gasteiger partial charge in [0.25, 0.3) is 0 Å². The maximum absolute atomic E-state index is 13.0. The molecule has 88 heavy (non-hydrogen) atoms. The molecule has 0 aliphatic carbocycles. The molecule has 0 bridgehead atoms. The molecule has 0 aliphatic heterocycles. The molecule has 0 aromatic rings. The number of hydrogen-bond donors (Lipinski definition) is 3. The minimum atomic E-state index is -4.95. The van der Waals surface area contributed by atoms with Gasteiger partial charge in [0.1, 0.15) is 19.3 Å². The molecule has 0 aromatic carbocycles. The molecule has 0 spiro atoms. The summed E-state index contributed by atoms with van der Waals surface area (Å²) in [4.78, 5) is 72.5. The van der Waals surface area contributed by atoms with E-state index in [0.717, 1.165) is 114 Å². The molecule has 4 unspecified atom stereocenters. The van der Waals surface area contributed by atoms with E-state index in [2.05, 4.69) is 55.4 Å². The summed E-state index contributed by atoms with van der Waals surface area (Å²) >= 11 is 0. The van der Waals surface area contributed by atoms with Crippen LogP contribution in [0.15, 0.2) is 0 Å². The number of phosphoric acid groups is 2. The number of carbonyl (C=O) groups excluding carboxylic acids is 4. The summed E-state index contributed by atoms with van der Waals surface area (Å²) < 4.78 is 68.2. The van der Waals surface area contributed by atoms with Gasteiger partial charge < -0.3 is 33.8 Å². The van der Waals surface area contributed by atoms with Gasteiger partial charge in [0.2, 0.25) is 0 Å². The Bertz CT molecular complexity index is 1750. The van der Waals surface area contributed by atoms with Crippen LogP contribution in [-0.2, 0) is 65.4 Å². The van der Waals surface area contributed by atoms with Crippen LogP contribution < -0.4 is 0 Å². The Morgan fingerprint density at radius 1 is 0.318 bits per heavy atom. The Kier molecular flexibility index (Phi) is 57.6. The Labute approximate surface area is 537 Å². The van der Waals surface area contributed by atoms with Gasteiger partial charge in [0.05, 0.1) is 26.4 Å². The van der Waals surface area contributed by atoms with E-state index >= 15 is 0 Å². The first-order valence-corrected chi connectivity index (χ1v) is 38.7. The molecule has 0 saturated carbocycles. The third-order valence-corrected chi connectivity index (χ3v) is 18.1. The molecule has 0 aromatic heterocycles. The fourth-order valence-electron chi connectivity index (χ4n) is 10.3. The molecule has 0 radical (unpaired) electrons. The Hall–Kier alpha value is -1.94. The number of carbonyl (C=O) groups is 4. The average molecular weight is 1300 g/mol. The van der Waals surface area contributed by atoms with E-state index in [4.69, 9.17) is 37.0 Å². The second-order valence-corrected chi connectivity index (χ2v) is 29.5. The monoisotopic (exact) mass is 1300 g/mol. The van der Waals surface area contributed by atoms with E-state index < -0.39 is 97.5 Å². The summed E-state index contributed by atoms with van der Waals surface area (Å²) in [5.74, 6) is 0.852. The normalized spacial score (nSPS) is 14.6. The van der Waals surface area contributed by atoms with E-state index in [0.29, 0.717) is 31.6 Å². The molecule has 0 fully saturated rings. The maximum atomic E-state index is 13.0. The van der Waals surface area contributed by atoms with Gasteiger partial charge in [0.15, 0.2) is 12.2 Å². The number of rotatable bonds is 66. The molecule has 0 rings (SSSR count). The van der Waals surface area contributed by atoms with E-state index in [9.17, 15) is 43.2 Å². The molecule has 19 heteroatoms. The van der Waals surface area contributed by atoms with Gasteiger partial charge in [-0.25, -0.2) is 9.13 Å². The lowest BCUT2D eigenvalue weighted by molar-refractivity contribution is -0.161. The van der Waals surface area contributed by atoms with Gasteiger partial charge in [-0.15, -0.1) is 0 Å². The summed E-state index contributed by atoms with van der Waals surface area (Å²) in [6.07, 6.45) is 40.3. The third kappa shape index (κ3) is 61.6. The molecule has 6 atom stereocenters. The van der Waals surface area contributed by atoms with Crippen molar-refractivity contribution in [2.45, 2.75) is 356 Å². The van der Waals surface area contributed by atoms with Crippen LogP contribution >= 0.6 is 15.6 Å². The Morgan fingerprint density at radius 3 is 0.807 bits per heavy atom. The molecule has 17 nitrogen and oxygen atoms in total. The van der Waals surface area contributed by atoms with Crippen molar-refractivity contribution >= 4 is 39.5 Å². The Morgan fingerprint density at radius 2 is 0.545 bits per heavy atom. The first kappa shape index (κ1) is 86.1. The quantitative estimate of drug-likeness (QED) is 0.0222. The highest BCUT2D eigenvalue weighted by molar-refractivity contribution is 7.47. The van der Waals surface area contributed by atoms with Crippen LogP contribution in [0, 0.1) is 23.7 Å². The molecule has 522 valence electrons. The van der Waals surface area contributed by atoms with Crippen molar-refractivity contribution in [3.8, 4) is 0 Å². The van der Waals surface area contributed by atoms with Crippen molar-refractivity contribution in [2.75, 3.05) is 39.6 Å². The summed E-state index contributed by atoms with van der Waals surface area (Å²) in [5.41, 5.74) is 0. The number of aliphatic hydroxyl groups is 1. The highest BCUT2D eigenvalue weighted by Crippen LogP contribution is 2.45. The van der Waals surface area contributed by atoms with E-state index in [-0.39, 0.29) is 25.7 Å². The molecule has 0 heterocycles. The van der Waals surface area contributed by atoms with Gasteiger partial charge in [-0.3, -0.25) is 37.3 Å². The molecule has 0 amide bonds. The van der Waals surface area contributed by atoms with Gasteiger partial charge in [-0.1, -0.05) is 287 Å². The number of ether oxygens (including phenoxy) is 4. The van der Waals surface area contributed by atoms with Gasteiger partial charge in [0, 0.05) is 25.7 Å². The summed E-state index contributed by atoms with van der Waals surface area (Å²) in [6, 6.07) is 0. The van der Waals surface area contributed by atoms with Crippen LogP contribution in [0.25, 0.3) is 0 Å². The van der Waals surface area contributed by atoms with Crippen molar-refractivity contribution in [3.05, 3.63) is 0 Å². The van der Waals surface area contributed by atoms with Crippen molar-refractivity contribution < 1.29 is 80.2 Å². The van der Waals surface area contributed by atoms with Crippen LogP contribution in [0.2, 0.25) is 0 Å². The number of phosphoric ester groups is 2. The lowest BCUT2D eigenvalue weighted by atomic mass is 9.99. The fraction of sp³-hybridized carbons (Fsp3) is 0.942. The highest BCUT2D eigenvalue weighted by atomic mass is 31.2. The second kappa shape index (κ2) is 58.8. The van der Waals surface area contributed by atoms with Gasteiger partial charge in [-0.05, 0) is 49.4 Å². The minimum Gasteiger partial charge on any atom is -0.462 e. The number of unbranched alkanes of at least 4 members (excludes halogenated alkanes) is 31. The predicted octanol–water partition coefficient (Wildman–Crippen LogP) is 19.3. The summed E-state index contributed by atoms with van der Waals surface area (Å²) in [5, 5.41) is 10.6. The van der Waals surface area contributed by atoms with E-state index in [1.165, 1.54) is 135 Å². The minimum absolute atomic E-state index is 0.104. The molecular weight excluding hydrogens is 1160 g/mol. The fourth-order valence-corrected chi connectivity index (χ4v) is 11.9. The largest absolute Gasteiger partial charge is 0.472 e.